The number of carbonyl (C=O) groups excluding carboxylic acids is 1. The fourth-order valence-electron chi connectivity index (χ4n) is 4.26. The largest absolute Gasteiger partial charge is 0.501 e. The lowest BCUT2D eigenvalue weighted by Gasteiger charge is -2.19. The number of carbonyl (C=O) groups is 1. The second-order valence-corrected chi connectivity index (χ2v) is 8.87. The number of nitrogens with two attached hydrogens (primary N) is 1. The van der Waals surface area contributed by atoms with Gasteiger partial charge in [-0.2, -0.15) is 5.10 Å². The standard InChI is InChI=1S/C25H21ClFN5O2/c1-12-6-20(34-14-4-5-14)24(29-2)22(23(12)27)25-16(10-31-32(25)3)13-7-15-18(9-28)30-11-19(33)21(15)17(26)8-13/h6-8,10,14H,4-5,9,11,28H2,1,3H3. The molecule has 2 aliphatic rings. The quantitative estimate of drug-likeness (QED) is 0.530. The number of hydrogen-bond acceptors (Lipinski definition) is 5. The van der Waals surface area contributed by atoms with Crippen LogP contribution in [0.2, 0.25) is 5.02 Å². The van der Waals surface area contributed by atoms with Crippen molar-refractivity contribution in [3.8, 4) is 28.1 Å². The zero-order valence-electron chi connectivity index (χ0n) is 18.7. The SMILES string of the molecule is [C-]#[N+]c1c(OC2CC2)cc(C)c(F)c1-c1c(-c2cc(Cl)c3c(c2)C(CN)=NCC3=O)cnn1C. The third-order valence-electron chi connectivity index (χ3n) is 6.09. The molecule has 2 N–H and O–H groups in total. The Morgan fingerprint density at radius 1 is 1.29 bits per heavy atom. The minimum atomic E-state index is -0.512. The molecule has 0 radical (unpaired) electrons. The number of ketones is 1. The highest BCUT2D eigenvalue weighted by Gasteiger charge is 2.30. The molecule has 1 aliphatic carbocycles. The first-order valence-electron chi connectivity index (χ1n) is 10.8. The monoisotopic (exact) mass is 477 g/mol. The van der Waals surface area contributed by atoms with Crippen LogP contribution in [0.15, 0.2) is 29.4 Å². The van der Waals surface area contributed by atoms with Gasteiger partial charge in [-0.3, -0.25) is 14.5 Å². The molecule has 0 saturated heterocycles. The van der Waals surface area contributed by atoms with Crippen LogP contribution in [0, 0.1) is 19.3 Å². The highest BCUT2D eigenvalue weighted by atomic mass is 35.5. The molecule has 0 unspecified atom stereocenters. The molecule has 9 heteroatoms. The Morgan fingerprint density at radius 2 is 2.06 bits per heavy atom. The summed E-state index contributed by atoms with van der Waals surface area (Å²) in [6.07, 6.45) is 3.47. The smallest absolute Gasteiger partial charge is 0.240 e. The number of aromatic nitrogens is 2. The summed E-state index contributed by atoms with van der Waals surface area (Å²) in [5.74, 6) is -0.329. The molecule has 0 bridgehead atoms. The summed E-state index contributed by atoms with van der Waals surface area (Å²) in [5, 5.41) is 4.62. The Labute approximate surface area is 200 Å². The summed E-state index contributed by atoms with van der Waals surface area (Å²) in [4.78, 5) is 20.4. The average Bonchev–Trinajstić information content (AvgIpc) is 3.55. The number of rotatable bonds is 5. The van der Waals surface area contributed by atoms with Gasteiger partial charge in [0.1, 0.15) is 18.1 Å². The second kappa shape index (κ2) is 8.35. The number of nitrogens with zero attached hydrogens (tertiary/aromatic N) is 4. The molecular formula is C25H21ClFN5O2. The van der Waals surface area contributed by atoms with Crippen LogP contribution < -0.4 is 10.5 Å². The topological polar surface area (TPSA) is 86.9 Å². The van der Waals surface area contributed by atoms with Crippen molar-refractivity contribution in [3.63, 3.8) is 0 Å². The first-order chi connectivity index (χ1) is 16.3. The van der Waals surface area contributed by atoms with Gasteiger partial charge < -0.3 is 10.5 Å². The van der Waals surface area contributed by atoms with Crippen LogP contribution in [-0.2, 0) is 7.05 Å². The van der Waals surface area contributed by atoms with Crippen LogP contribution in [0.5, 0.6) is 5.75 Å². The Kier molecular flexibility index (Phi) is 5.47. The van der Waals surface area contributed by atoms with Crippen molar-refractivity contribution < 1.29 is 13.9 Å². The summed E-state index contributed by atoms with van der Waals surface area (Å²) in [5.41, 5.74) is 9.57. The minimum Gasteiger partial charge on any atom is -0.501 e. The van der Waals surface area contributed by atoms with Gasteiger partial charge in [0.25, 0.3) is 0 Å². The Hall–Kier alpha value is -3.54. The minimum absolute atomic E-state index is 0.00335. The molecule has 34 heavy (non-hydrogen) atoms. The van der Waals surface area contributed by atoms with Crippen molar-refractivity contribution in [2.24, 2.45) is 17.8 Å². The van der Waals surface area contributed by atoms with Gasteiger partial charge in [-0.15, -0.1) is 0 Å². The molecule has 3 aromatic rings. The normalized spacial score (nSPS) is 15.1. The molecule has 2 aromatic carbocycles. The van der Waals surface area contributed by atoms with Crippen molar-refractivity contribution in [1.82, 2.24) is 9.78 Å². The van der Waals surface area contributed by atoms with Crippen LogP contribution in [0.1, 0.15) is 34.3 Å². The maximum absolute atomic E-state index is 15.6. The highest BCUT2D eigenvalue weighted by molar-refractivity contribution is 6.36. The third kappa shape index (κ3) is 3.58. The van der Waals surface area contributed by atoms with E-state index in [0.717, 1.165) is 12.8 Å². The van der Waals surface area contributed by atoms with Gasteiger partial charge >= 0.3 is 0 Å². The number of fused-ring (bicyclic) bond motifs is 1. The average molecular weight is 478 g/mol. The van der Waals surface area contributed by atoms with E-state index in [9.17, 15) is 4.79 Å². The van der Waals surface area contributed by atoms with Crippen molar-refractivity contribution in [1.29, 1.82) is 0 Å². The van der Waals surface area contributed by atoms with E-state index in [-0.39, 0.29) is 41.3 Å². The van der Waals surface area contributed by atoms with E-state index >= 15 is 4.39 Å². The molecule has 1 aromatic heterocycles. The molecule has 172 valence electrons. The number of benzene rings is 2. The zero-order valence-corrected chi connectivity index (χ0v) is 19.4. The van der Waals surface area contributed by atoms with E-state index in [0.29, 0.717) is 45.0 Å². The zero-order chi connectivity index (χ0) is 24.1. The Balaban J connectivity index is 1.75. The number of hydrogen-bond donors (Lipinski definition) is 1. The van der Waals surface area contributed by atoms with Crippen LogP contribution in [0.3, 0.4) is 0 Å². The Bertz CT molecular complexity index is 1430. The number of aliphatic imine (C=N–C) groups is 1. The van der Waals surface area contributed by atoms with E-state index in [1.165, 1.54) is 4.68 Å². The van der Waals surface area contributed by atoms with Crippen molar-refractivity contribution in [2.75, 3.05) is 13.1 Å². The summed E-state index contributed by atoms with van der Waals surface area (Å²) in [7, 11) is 1.69. The van der Waals surface area contributed by atoms with E-state index in [1.54, 1.807) is 38.4 Å². The van der Waals surface area contributed by atoms with Crippen LogP contribution in [0.4, 0.5) is 10.1 Å². The summed E-state index contributed by atoms with van der Waals surface area (Å²) < 4.78 is 23.1. The summed E-state index contributed by atoms with van der Waals surface area (Å²) in [6.45, 7) is 9.60. The van der Waals surface area contributed by atoms with Crippen LogP contribution >= 0.6 is 11.6 Å². The van der Waals surface area contributed by atoms with E-state index in [2.05, 4.69) is 14.9 Å². The first kappa shape index (κ1) is 22.3. The van der Waals surface area contributed by atoms with Crippen molar-refractivity contribution >= 4 is 28.8 Å². The maximum atomic E-state index is 15.6. The van der Waals surface area contributed by atoms with Gasteiger partial charge in [-0.1, -0.05) is 11.6 Å². The lowest BCUT2D eigenvalue weighted by atomic mass is 9.91. The third-order valence-corrected chi connectivity index (χ3v) is 6.38. The molecule has 1 fully saturated rings. The predicted molar refractivity (Wildman–Crippen MR) is 128 cm³/mol. The van der Waals surface area contributed by atoms with Gasteiger partial charge in [0.05, 0.1) is 35.3 Å². The first-order valence-corrected chi connectivity index (χ1v) is 11.2. The van der Waals surface area contributed by atoms with Crippen molar-refractivity contribution in [2.45, 2.75) is 25.9 Å². The number of halogens is 2. The molecule has 5 rings (SSSR count). The molecule has 2 heterocycles. The predicted octanol–water partition coefficient (Wildman–Crippen LogP) is 4.89. The molecular weight excluding hydrogens is 457 g/mol. The van der Waals surface area contributed by atoms with Gasteiger partial charge in [0.2, 0.25) is 5.69 Å². The lowest BCUT2D eigenvalue weighted by molar-refractivity contribution is 0.100. The number of aryl methyl sites for hydroxylation is 2. The summed E-state index contributed by atoms with van der Waals surface area (Å²) >= 11 is 6.54. The van der Waals surface area contributed by atoms with Gasteiger partial charge in [-0.25, -0.2) is 9.24 Å². The van der Waals surface area contributed by atoms with Gasteiger partial charge in [0, 0.05) is 35.8 Å². The molecule has 7 nitrogen and oxygen atoms in total. The van der Waals surface area contributed by atoms with Crippen molar-refractivity contribution in [3.05, 3.63) is 63.3 Å². The number of ether oxygens (including phenoxy) is 1. The van der Waals surface area contributed by atoms with E-state index in [4.69, 9.17) is 28.6 Å². The molecule has 0 amide bonds. The second-order valence-electron chi connectivity index (χ2n) is 8.46. The van der Waals surface area contributed by atoms with Gasteiger partial charge in [-0.05, 0) is 49.1 Å². The Morgan fingerprint density at radius 3 is 2.74 bits per heavy atom. The van der Waals surface area contributed by atoms with Gasteiger partial charge in [0.15, 0.2) is 5.78 Å². The van der Waals surface area contributed by atoms with Crippen LogP contribution in [0.25, 0.3) is 27.2 Å². The maximum Gasteiger partial charge on any atom is 0.240 e. The van der Waals surface area contributed by atoms with Crippen LogP contribution in [-0.4, -0.2) is 40.5 Å². The molecule has 0 atom stereocenters. The lowest BCUT2D eigenvalue weighted by Crippen LogP contribution is -2.25. The van der Waals surface area contributed by atoms with E-state index < -0.39 is 5.82 Å². The fraction of sp³-hybridized carbons (Fsp3) is 0.280. The fourth-order valence-corrected chi connectivity index (χ4v) is 4.58. The number of Topliss-reactive ketones (excluding diaryl/α,β-unsaturated/α-hetero) is 1. The van der Waals surface area contributed by atoms with E-state index in [1.807, 2.05) is 0 Å². The molecule has 1 aliphatic heterocycles. The molecule has 1 saturated carbocycles. The summed E-state index contributed by atoms with van der Waals surface area (Å²) in [6, 6.07) is 5.01. The highest BCUT2D eigenvalue weighted by Crippen LogP contribution is 2.47. The molecule has 0 spiro atoms.